The molecule has 0 spiro atoms. The van der Waals surface area contributed by atoms with Crippen molar-refractivity contribution in [3.05, 3.63) is 35.9 Å². The molecule has 2 nitrogen and oxygen atoms in total. The Hall–Kier alpha value is -0.830. The zero-order valence-electron chi connectivity index (χ0n) is 10.4. The second kappa shape index (κ2) is 7.49. The molecular formula is C14H20BrNO. The predicted octanol–water partition coefficient (Wildman–Crippen LogP) is 3.15. The highest BCUT2D eigenvalue weighted by Gasteiger charge is 2.09. The lowest BCUT2D eigenvalue weighted by molar-refractivity contribution is -0.120. The van der Waals surface area contributed by atoms with E-state index < -0.39 is 0 Å². The van der Waals surface area contributed by atoms with Crippen molar-refractivity contribution >= 4 is 21.8 Å². The van der Waals surface area contributed by atoms with E-state index in [-0.39, 0.29) is 5.91 Å². The Labute approximate surface area is 112 Å². The molecule has 94 valence electrons. The van der Waals surface area contributed by atoms with Crippen molar-refractivity contribution < 1.29 is 4.79 Å². The highest BCUT2D eigenvalue weighted by Crippen LogP contribution is 2.11. The van der Waals surface area contributed by atoms with Gasteiger partial charge in [0.25, 0.3) is 0 Å². The van der Waals surface area contributed by atoms with Gasteiger partial charge in [0.1, 0.15) is 0 Å². The van der Waals surface area contributed by atoms with Gasteiger partial charge in [0.05, 0.1) is 6.42 Å². The molecule has 0 heterocycles. The van der Waals surface area contributed by atoms with Crippen LogP contribution in [-0.2, 0) is 11.2 Å². The van der Waals surface area contributed by atoms with Crippen LogP contribution in [0.4, 0.5) is 0 Å². The lowest BCUT2D eigenvalue weighted by atomic mass is 10.1. The van der Waals surface area contributed by atoms with E-state index in [1.165, 1.54) is 0 Å². The maximum Gasteiger partial charge on any atom is 0.224 e. The van der Waals surface area contributed by atoms with Crippen LogP contribution in [0.2, 0.25) is 0 Å². The molecule has 1 aromatic rings. The summed E-state index contributed by atoms with van der Waals surface area (Å²) in [5.41, 5.74) is 1.06. The van der Waals surface area contributed by atoms with Crippen LogP contribution in [0, 0.1) is 5.92 Å². The molecule has 17 heavy (non-hydrogen) atoms. The zero-order valence-corrected chi connectivity index (χ0v) is 12.0. The third-order valence-corrected chi connectivity index (χ3v) is 3.15. The number of rotatable bonds is 6. The number of hydrogen-bond acceptors (Lipinski definition) is 1. The smallest absolute Gasteiger partial charge is 0.224 e. The van der Waals surface area contributed by atoms with E-state index in [9.17, 15) is 4.79 Å². The molecule has 0 saturated carbocycles. The number of carbonyl (C=O) groups excluding carboxylic acids is 1. The molecule has 1 amide bonds. The SMILES string of the molecule is CC(C)CC(Br)CNC(=O)Cc1ccccc1. The number of hydrogen-bond donors (Lipinski definition) is 1. The van der Waals surface area contributed by atoms with Gasteiger partial charge in [-0.2, -0.15) is 0 Å². The summed E-state index contributed by atoms with van der Waals surface area (Å²) in [4.78, 5) is 12.0. The van der Waals surface area contributed by atoms with Crippen LogP contribution in [0.5, 0.6) is 0 Å². The Kier molecular flexibility index (Phi) is 6.27. The summed E-state index contributed by atoms with van der Waals surface area (Å²) in [6, 6.07) is 9.81. The van der Waals surface area contributed by atoms with E-state index in [1.54, 1.807) is 0 Å². The monoisotopic (exact) mass is 297 g/mol. The van der Waals surface area contributed by atoms with Crippen molar-refractivity contribution in [2.75, 3.05) is 6.54 Å². The molecule has 0 aliphatic carbocycles. The standard InChI is InChI=1S/C14H20BrNO/c1-11(2)8-13(15)10-16-14(17)9-12-6-4-3-5-7-12/h3-7,11,13H,8-10H2,1-2H3,(H,16,17). The lowest BCUT2D eigenvalue weighted by Crippen LogP contribution is -2.31. The first kappa shape index (κ1) is 14.2. The summed E-state index contributed by atoms with van der Waals surface area (Å²) in [6.07, 6.45) is 1.54. The first-order valence-electron chi connectivity index (χ1n) is 6.02. The number of alkyl halides is 1. The zero-order chi connectivity index (χ0) is 12.7. The van der Waals surface area contributed by atoms with Crippen LogP contribution in [0.15, 0.2) is 30.3 Å². The Bertz CT molecular complexity index is 337. The molecule has 0 saturated heterocycles. The number of carbonyl (C=O) groups is 1. The van der Waals surface area contributed by atoms with Crippen molar-refractivity contribution in [1.29, 1.82) is 0 Å². The third-order valence-electron chi connectivity index (χ3n) is 2.46. The maximum atomic E-state index is 11.7. The van der Waals surface area contributed by atoms with Crippen LogP contribution >= 0.6 is 15.9 Å². The van der Waals surface area contributed by atoms with Crippen molar-refractivity contribution in [2.24, 2.45) is 5.92 Å². The molecule has 1 rings (SSSR count). The van der Waals surface area contributed by atoms with Gasteiger partial charge in [0.15, 0.2) is 0 Å². The van der Waals surface area contributed by atoms with Gasteiger partial charge in [0.2, 0.25) is 5.91 Å². The summed E-state index contributed by atoms with van der Waals surface area (Å²) in [5, 5.41) is 2.95. The molecule has 0 radical (unpaired) electrons. The minimum absolute atomic E-state index is 0.0874. The molecule has 1 N–H and O–H groups in total. The van der Waals surface area contributed by atoms with Gasteiger partial charge >= 0.3 is 0 Å². The molecular weight excluding hydrogens is 278 g/mol. The largest absolute Gasteiger partial charge is 0.355 e. The van der Waals surface area contributed by atoms with Gasteiger partial charge in [-0.05, 0) is 17.9 Å². The second-order valence-corrected chi connectivity index (χ2v) is 5.99. The molecule has 3 heteroatoms. The van der Waals surface area contributed by atoms with E-state index >= 15 is 0 Å². The van der Waals surface area contributed by atoms with Gasteiger partial charge in [-0.15, -0.1) is 0 Å². The first-order valence-corrected chi connectivity index (χ1v) is 6.94. The molecule has 0 bridgehead atoms. The van der Waals surface area contributed by atoms with Crippen molar-refractivity contribution in [2.45, 2.75) is 31.5 Å². The number of nitrogens with one attached hydrogen (secondary N) is 1. The molecule has 1 atom stereocenters. The Morgan fingerprint density at radius 3 is 2.53 bits per heavy atom. The molecule has 0 fully saturated rings. The topological polar surface area (TPSA) is 29.1 Å². The van der Waals surface area contributed by atoms with Gasteiger partial charge in [-0.3, -0.25) is 4.79 Å². The van der Waals surface area contributed by atoms with Crippen LogP contribution in [-0.4, -0.2) is 17.3 Å². The highest BCUT2D eigenvalue weighted by atomic mass is 79.9. The quantitative estimate of drug-likeness (QED) is 0.803. The van der Waals surface area contributed by atoms with Crippen molar-refractivity contribution in [3.63, 3.8) is 0 Å². The van der Waals surface area contributed by atoms with Crippen LogP contribution in [0.1, 0.15) is 25.8 Å². The van der Waals surface area contributed by atoms with Crippen molar-refractivity contribution in [3.8, 4) is 0 Å². The summed E-state index contributed by atoms with van der Waals surface area (Å²) in [5.74, 6) is 0.731. The normalized spacial score (nSPS) is 12.5. The average molecular weight is 298 g/mol. The van der Waals surface area contributed by atoms with Crippen LogP contribution in [0.3, 0.4) is 0 Å². The van der Waals surface area contributed by atoms with Gasteiger partial charge in [-0.25, -0.2) is 0 Å². The average Bonchev–Trinajstić information content (AvgIpc) is 2.27. The summed E-state index contributed by atoms with van der Waals surface area (Å²) >= 11 is 3.58. The van der Waals surface area contributed by atoms with Gasteiger partial charge in [0, 0.05) is 11.4 Å². The Morgan fingerprint density at radius 2 is 1.94 bits per heavy atom. The van der Waals surface area contributed by atoms with Gasteiger partial charge < -0.3 is 5.32 Å². The molecule has 0 aliphatic heterocycles. The van der Waals surface area contributed by atoms with Crippen LogP contribution < -0.4 is 5.32 Å². The van der Waals surface area contributed by atoms with E-state index in [0.29, 0.717) is 23.7 Å². The molecule has 0 aromatic heterocycles. The predicted molar refractivity (Wildman–Crippen MR) is 75.3 cm³/mol. The Morgan fingerprint density at radius 1 is 1.29 bits per heavy atom. The number of amides is 1. The van der Waals surface area contributed by atoms with E-state index in [4.69, 9.17) is 0 Å². The summed E-state index contributed by atoms with van der Waals surface area (Å²) in [6.45, 7) is 5.06. The Balaban J connectivity index is 2.26. The molecule has 0 aliphatic rings. The second-order valence-electron chi connectivity index (χ2n) is 4.69. The fourth-order valence-corrected chi connectivity index (χ4v) is 2.57. The van der Waals surface area contributed by atoms with Crippen LogP contribution in [0.25, 0.3) is 0 Å². The van der Waals surface area contributed by atoms with E-state index in [2.05, 4.69) is 35.1 Å². The molecule has 1 unspecified atom stereocenters. The highest BCUT2D eigenvalue weighted by molar-refractivity contribution is 9.09. The maximum absolute atomic E-state index is 11.7. The minimum atomic E-state index is 0.0874. The minimum Gasteiger partial charge on any atom is -0.355 e. The first-order chi connectivity index (χ1) is 8.08. The van der Waals surface area contributed by atoms with E-state index in [0.717, 1.165) is 12.0 Å². The fraction of sp³-hybridized carbons (Fsp3) is 0.500. The van der Waals surface area contributed by atoms with E-state index in [1.807, 2.05) is 30.3 Å². The molecule has 1 aromatic carbocycles. The summed E-state index contributed by atoms with van der Waals surface area (Å²) < 4.78 is 0. The fourth-order valence-electron chi connectivity index (χ4n) is 1.66. The summed E-state index contributed by atoms with van der Waals surface area (Å²) in [7, 11) is 0. The van der Waals surface area contributed by atoms with Gasteiger partial charge in [-0.1, -0.05) is 60.1 Å². The number of halogens is 1. The number of benzene rings is 1. The lowest BCUT2D eigenvalue weighted by Gasteiger charge is -2.13. The third kappa shape index (κ3) is 6.47. The van der Waals surface area contributed by atoms with Crippen molar-refractivity contribution in [1.82, 2.24) is 5.32 Å².